The molecule has 1 fully saturated rings. The second-order valence-corrected chi connectivity index (χ2v) is 7.90. The normalized spacial score (nSPS) is 15.4. The summed E-state index contributed by atoms with van der Waals surface area (Å²) in [5, 5.41) is 16.0. The number of rotatable bonds is 10. The number of aliphatic imine (C=N–C) groups is 1. The summed E-state index contributed by atoms with van der Waals surface area (Å²) >= 11 is 0. The lowest BCUT2D eigenvalue weighted by molar-refractivity contribution is -0.117. The molecule has 0 saturated carbocycles. The standard InChI is InChI=1S/C22H36N4O2.HI/c1-4-23-22(25-16-19(11-13-27)14-17(2)3)24-15-18-7-9-20(10-8-18)26-12-5-6-21(26)28;/h7-10,17,19,27H,4-6,11-16H2,1-3H3,(H2,23,24,25);1H. The largest absolute Gasteiger partial charge is 0.396 e. The van der Waals surface area contributed by atoms with Gasteiger partial charge in [0.05, 0.1) is 6.54 Å². The van der Waals surface area contributed by atoms with Gasteiger partial charge in [0.15, 0.2) is 5.96 Å². The van der Waals surface area contributed by atoms with E-state index in [1.54, 1.807) is 0 Å². The van der Waals surface area contributed by atoms with Crippen LogP contribution < -0.4 is 15.5 Å². The van der Waals surface area contributed by atoms with E-state index in [9.17, 15) is 9.90 Å². The first-order valence-electron chi connectivity index (χ1n) is 10.6. The van der Waals surface area contributed by atoms with E-state index >= 15 is 0 Å². The third-order valence-electron chi connectivity index (χ3n) is 4.99. The maximum absolute atomic E-state index is 11.9. The minimum Gasteiger partial charge on any atom is -0.396 e. The molecule has 29 heavy (non-hydrogen) atoms. The molecular formula is C22H37IN4O2. The van der Waals surface area contributed by atoms with E-state index in [-0.39, 0.29) is 36.5 Å². The number of nitrogens with zero attached hydrogens (tertiary/aromatic N) is 2. The van der Waals surface area contributed by atoms with Crippen LogP contribution in [0.25, 0.3) is 0 Å². The number of carbonyl (C=O) groups is 1. The van der Waals surface area contributed by atoms with E-state index in [1.165, 1.54) is 0 Å². The van der Waals surface area contributed by atoms with Crippen LogP contribution in [-0.4, -0.2) is 43.2 Å². The number of guanidine groups is 1. The van der Waals surface area contributed by atoms with Gasteiger partial charge in [-0.05, 0) is 55.7 Å². The second-order valence-electron chi connectivity index (χ2n) is 7.90. The molecule has 0 aromatic heterocycles. The molecular weight excluding hydrogens is 479 g/mol. The highest BCUT2D eigenvalue weighted by Crippen LogP contribution is 2.21. The van der Waals surface area contributed by atoms with Crippen molar-refractivity contribution in [3.8, 4) is 0 Å². The van der Waals surface area contributed by atoms with Gasteiger partial charge in [0.2, 0.25) is 5.91 Å². The van der Waals surface area contributed by atoms with Crippen molar-refractivity contribution in [1.29, 1.82) is 0 Å². The van der Waals surface area contributed by atoms with Crippen molar-refractivity contribution < 1.29 is 9.90 Å². The van der Waals surface area contributed by atoms with Gasteiger partial charge in [-0.1, -0.05) is 26.0 Å². The van der Waals surface area contributed by atoms with Gasteiger partial charge in [-0.3, -0.25) is 4.79 Å². The van der Waals surface area contributed by atoms with Gasteiger partial charge in [0, 0.05) is 38.3 Å². The molecule has 1 aromatic rings. The molecule has 1 aromatic carbocycles. The first-order chi connectivity index (χ1) is 13.5. The van der Waals surface area contributed by atoms with Crippen LogP contribution in [0.5, 0.6) is 0 Å². The Morgan fingerprint density at radius 1 is 1.24 bits per heavy atom. The molecule has 1 aliphatic rings. The number of hydrogen-bond acceptors (Lipinski definition) is 3. The van der Waals surface area contributed by atoms with E-state index < -0.39 is 0 Å². The third-order valence-corrected chi connectivity index (χ3v) is 4.99. The van der Waals surface area contributed by atoms with E-state index in [0.29, 0.717) is 24.8 Å². The van der Waals surface area contributed by atoms with E-state index in [2.05, 4.69) is 36.4 Å². The lowest BCUT2D eigenvalue weighted by Gasteiger charge is -2.20. The van der Waals surface area contributed by atoms with Crippen molar-refractivity contribution in [2.24, 2.45) is 16.8 Å². The SMILES string of the molecule is CCNC(=NCc1ccc(N2CCCC2=O)cc1)NCC(CCO)CC(C)C.I. The Balaban J connectivity index is 0.00000420. The molecule has 0 radical (unpaired) electrons. The lowest BCUT2D eigenvalue weighted by Crippen LogP contribution is -2.40. The Kier molecular flexibility index (Phi) is 12.2. The number of anilines is 1. The van der Waals surface area contributed by atoms with Gasteiger partial charge >= 0.3 is 0 Å². The Labute approximate surface area is 192 Å². The average Bonchev–Trinajstić information content (AvgIpc) is 3.10. The molecule has 6 nitrogen and oxygen atoms in total. The minimum atomic E-state index is 0. The summed E-state index contributed by atoms with van der Waals surface area (Å²) in [6.07, 6.45) is 3.49. The predicted octanol–water partition coefficient (Wildman–Crippen LogP) is 3.53. The number of halogens is 1. The molecule has 164 valence electrons. The molecule has 7 heteroatoms. The van der Waals surface area contributed by atoms with E-state index in [0.717, 1.165) is 56.1 Å². The quantitative estimate of drug-likeness (QED) is 0.253. The van der Waals surface area contributed by atoms with Crippen LogP contribution in [0.15, 0.2) is 29.3 Å². The monoisotopic (exact) mass is 516 g/mol. The number of carbonyl (C=O) groups excluding carboxylic acids is 1. The molecule has 1 aliphatic heterocycles. The number of hydrogen-bond donors (Lipinski definition) is 3. The maximum atomic E-state index is 11.9. The fourth-order valence-corrected chi connectivity index (χ4v) is 3.61. The summed E-state index contributed by atoms with van der Waals surface area (Å²) in [6, 6.07) is 8.10. The van der Waals surface area contributed by atoms with E-state index in [1.807, 2.05) is 29.2 Å². The number of aliphatic hydroxyl groups is 1. The first kappa shape index (κ1) is 25.7. The van der Waals surface area contributed by atoms with Crippen molar-refractivity contribution in [2.75, 3.05) is 31.1 Å². The second kappa shape index (κ2) is 13.8. The number of nitrogens with one attached hydrogen (secondary N) is 2. The minimum absolute atomic E-state index is 0. The summed E-state index contributed by atoms with van der Waals surface area (Å²) in [5.41, 5.74) is 2.09. The highest BCUT2D eigenvalue weighted by atomic mass is 127. The van der Waals surface area contributed by atoms with E-state index in [4.69, 9.17) is 0 Å². The zero-order valence-electron chi connectivity index (χ0n) is 18.0. The van der Waals surface area contributed by atoms with Gasteiger partial charge in [0.1, 0.15) is 0 Å². The maximum Gasteiger partial charge on any atom is 0.227 e. The molecule has 0 aliphatic carbocycles. The Hall–Kier alpha value is -1.35. The van der Waals surface area contributed by atoms with Crippen molar-refractivity contribution in [3.05, 3.63) is 29.8 Å². The summed E-state index contributed by atoms with van der Waals surface area (Å²) in [5.74, 6) is 2.06. The molecule has 1 unspecified atom stereocenters. The van der Waals surface area contributed by atoms with Crippen LogP contribution >= 0.6 is 24.0 Å². The highest BCUT2D eigenvalue weighted by Gasteiger charge is 2.21. The van der Waals surface area contributed by atoms with Gasteiger partial charge in [-0.2, -0.15) is 0 Å². The van der Waals surface area contributed by atoms with Gasteiger partial charge in [-0.25, -0.2) is 4.99 Å². The lowest BCUT2D eigenvalue weighted by atomic mass is 9.94. The predicted molar refractivity (Wildman–Crippen MR) is 131 cm³/mol. The molecule has 0 bridgehead atoms. The fraction of sp³-hybridized carbons (Fsp3) is 0.636. The topological polar surface area (TPSA) is 77.0 Å². The van der Waals surface area contributed by atoms with Crippen LogP contribution in [0.2, 0.25) is 0 Å². The number of amides is 1. The van der Waals surface area contributed by atoms with Gasteiger partial charge < -0.3 is 20.6 Å². The van der Waals surface area contributed by atoms with Crippen LogP contribution in [0, 0.1) is 11.8 Å². The number of aliphatic hydroxyl groups excluding tert-OH is 1. The third kappa shape index (κ3) is 8.90. The van der Waals surface area contributed by atoms with Crippen LogP contribution in [0.4, 0.5) is 5.69 Å². The van der Waals surface area contributed by atoms with Crippen molar-refractivity contribution in [3.63, 3.8) is 0 Å². The Bertz CT molecular complexity index is 634. The molecule has 2 rings (SSSR count). The zero-order valence-corrected chi connectivity index (χ0v) is 20.3. The van der Waals surface area contributed by atoms with Crippen LogP contribution in [-0.2, 0) is 11.3 Å². The van der Waals surface area contributed by atoms with Crippen molar-refractivity contribution in [2.45, 2.75) is 53.0 Å². The average molecular weight is 516 g/mol. The van der Waals surface area contributed by atoms with Crippen molar-refractivity contribution >= 4 is 41.5 Å². The summed E-state index contributed by atoms with van der Waals surface area (Å²) in [4.78, 5) is 18.4. The molecule has 1 atom stereocenters. The number of benzene rings is 1. The summed E-state index contributed by atoms with van der Waals surface area (Å²) in [7, 11) is 0. The smallest absolute Gasteiger partial charge is 0.227 e. The molecule has 1 saturated heterocycles. The molecule has 0 spiro atoms. The first-order valence-corrected chi connectivity index (χ1v) is 10.6. The molecule has 1 amide bonds. The highest BCUT2D eigenvalue weighted by molar-refractivity contribution is 14.0. The van der Waals surface area contributed by atoms with Gasteiger partial charge in [0.25, 0.3) is 0 Å². The Morgan fingerprint density at radius 2 is 1.97 bits per heavy atom. The van der Waals surface area contributed by atoms with Crippen molar-refractivity contribution in [1.82, 2.24) is 10.6 Å². The fourth-order valence-electron chi connectivity index (χ4n) is 3.61. The van der Waals surface area contributed by atoms with Crippen LogP contribution in [0.3, 0.4) is 0 Å². The summed E-state index contributed by atoms with van der Waals surface area (Å²) in [6.45, 7) is 9.70. The Morgan fingerprint density at radius 3 is 2.52 bits per heavy atom. The van der Waals surface area contributed by atoms with Crippen LogP contribution in [0.1, 0.15) is 52.0 Å². The van der Waals surface area contributed by atoms with Gasteiger partial charge in [-0.15, -0.1) is 24.0 Å². The molecule has 3 N–H and O–H groups in total. The summed E-state index contributed by atoms with van der Waals surface area (Å²) < 4.78 is 0. The zero-order chi connectivity index (χ0) is 20.4. The molecule has 1 heterocycles.